The largest absolute Gasteiger partial charge is 0.284 e. The van der Waals surface area contributed by atoms with Gasteiger partial charge in [-0.1, -0.05) is 49.4 Å². The van der Waals surface area contributed by atoms with E-state index in [4.69, 9.17) is 0 Å². The molecule has 6 nitrogen and oxygen atoms in total. The van der Waals surface area contributed by atoms with Crippen molar-refractivity contribution >= 4 is 31.3 Å². The summed E-state index contributed by atoms with van der Waals surface area (Å²) >= 11 is 0. The molecule has 0 saturated carbocycles. The first kappa shape index (κ1) is 21.5. The highest BCUT2D eigenvalue weighted by Gasteiger charge is 2.25. The third-order valence-corrected chi connectivity index (χ3v) is 6.90. The molecule has 1 unspecified atom stereocenters. The van der Waals surface area contributed by atoms with Crippen LogP contribution >= 0.6 is 0 Å². The molecule has 2 N–H and O–H groups in total. The van der Waals surface area contributed by atoms with Gasteiger partial charge < -0.3 is 0 Å². The van der Waals surface area contributed by atoms with Crippen LogP contribution in [0.5, 0.6) is 0 Å². The lowest BCUT2D eigenvalue weighted by Gasteiger charge is -2.17. The zero-order valence-corrected chi connectivity index (χ0v) is 18.2. The van der Waals surface area contributed by atoms with E-state index in [1.165, 1.54) is 0 Å². The Morgan fingerprint density at radius 3 is 2.31 bits per heavy atom. The summed E-state index contributed by atoms with van der Waals surface area (Å²) < 4.78 is 52.5. The van der Waals surface area contributed by atoms with Gasteiger partial charge in [0.2, 0.25) is 20.0 Å². The molecule has 8 heteroatoms. The van der Waals surface area contributed by atoms with Crippen molar-refractivity contribution in [1.82, 2.24) is 4.72 Å². The lowest BCUT2D eigenvalue weighted by Crippen LogP contribution is -2.35. The standard InChI is InChI=1S/C21H26N2O4S2/c1-3-14-29(26,27)23-21-9-5-8-20(21)17-12-10-16(11-13-17)18-6-4-7-19(15-18)22-28(2,24)25/h4,6-8,10-13,15,21-23H,3,5,9,14H2,1-2H3. The second-order valence-corrected chi connectivity index (χ2v) is 10.9. The zero-order chi connectivity index (χ0) is 21.1. The van der Waals surface area contributed by atoms with E-state index in [1.807, 2.05) is 37.3 Å². The molecule has 1 atom stereocenters. The fourth-order valence-electron chi connectivity index (χ4n) is 3.52. The van der Waals surface area contributed by atoms with E-state index in [-0.39, 0.29) is 11.8 Å². The molecule has 0 radical (unpaired) electrons. The van der Waals surface area contributed by atoms with E-state index in [2.05, 4.69) is 15.5 Å². The number of hydrogen-bond donors (Lipinski definition) is 2. The van der Waals surface area contributed by atoms with Crippen molar-refractivity contribution in [2.24, 2.45) is 0 Å². The molecule has 0 amide bonds. The highest BCUT2D eigenvalue weighted by molar-refractivity contribution is 7.92. The van der Waals surface area contributed by atoms with Gasteiger partial charge in [0.1, 0.15) is 0 Å². The van der Waals surface area contributed by atoms with Gasteiger partial charge >= 0.3 is 0 Å². The first-order valence-corrected chi connectivity index (χ1v) is 13.1. The summed E-state index contributed by atoms with van der Waals surface area (Å²) in [5.74, 6) is 0.133. The van der Waals surface area contributed by atoms with Crippen molar-refractivity contribution in [2.75, 3.05) is 16.7 Å². The average Bonchev–Trinajstić information content (AvgIpc) is 3.08. The van der Waals surface area contributed by atoms with Crippen LogP contribution in [0.1, 0.15) is 31.7 Å². The molecule has 156 valence electrons. The smallest absolute Gasteiger partial charge is 0.229 e. The minimum absolute atomic E-state index is 0.133. The SMILES string of the molecule is CCCS(=O)(=O)NC1CCC=C1c1ccc(-c2cccc(NS(C)(=O)=O)c2)cc1. The Bertz CT molecular complexity index is 1110. The first-order valence-electron chi connectivity index (χ1n) is 9.55. The van der Waals surface area contributed by atoms with Gasteiger partial charge in [-0.3, -0.25) is 4.72 Å². The summed E-state index contributed by atoms with van der Waals surface area (Å²) in [4.78, 5) is 0. The van der Waals surface area contributed by atoms with Gasteiger partial charge in [-0.15, -0.1) is 0 Å². The predicted octanol–water partition coefficient (Wildman–Crippen LogP) is 3.60. The van der Waals surface area contributed by atoms with E-state index < -0.39 is 20.0 Å². The van der Waals surface area contributed by atoms with Crippen LogP contribution in [-0.2, 0) is 20.0 Å². The molecule has 0 aromatic heterocycles. The number of benzene rings is 2. The van der Waals surface area contributed by atoms with E-state index in [1.54, 1.807) is 18.2 Å². The summed E-state index contributed by atoms with van der Waals surface area (Å²) in [7, 11) is -6.61. The molecule has 1 aliphatic rings. The van der Waals surface area contributed by atoms with Gasteiger partial charge in [-0.05, 0) is 53.7 Å². The van der Waals surface area contributed by atoms with E-state index in [0.29, 0.717) is 12.1 Å². The number of sulfonamides is 2. The maximum atomic E-state index is 12.1. The average molecular weight is 435 g/mol. The minimum atomic E-state index is -3.33. The number of nitrogens with one attached hydrogen (secondary N) is 2. The van der Waals surface area contributed by atoms with Crippen LogP contribution in [0.4, 0.5) is 5.69 Å². The van der Waals surface area contributed by atoms with Gasteiger partial charge in [0.05, 0.1) is 12.0 Å². The van der Waals surface area contributed by atoms with Crippen molar-refractivity contribution in [3.8, 4) is 11.1 Å². The molecule has 3 rings (SSSR count). The third kappa shape index (κ3) is 5.91. The van der Waals surface area contributed by atoms with Crippen molar-refractivity contribution in [3.63, 3.8) is 0 Å². The maximum Gasteiger partial charge on any atom is 0.229 e. The lowest BCUT2D eigenvalue weighted by molar-refractivity contribution is 0.569. The molecule has 0 bridgehead atoms. The van der Waals surface area contributed by atoms with Crippen LogP contribution < -0.4 is 9.44 Å². The Balaban J connectivity index is 1.79. The summed E-state index contributed by atoms with van der Waals surface area (Å²) in [5.41, 5.74) is 4.35. The second kappa shape index (κ2) is 8.69. The summed E-state index contributed by atoms with van der Waals surface area (Å²) in [6.07, 6.45) is 5.40. The predicted molar refractivity (Wildman–Crippen MR) is 119 cm³/mol. The minimum Gasteiger partial charge on any atom is -0.284 e. The second-order valence-electron chi connectivity index (χ2n) is 7.26. The molecule has 0 heterocycles. The Morgan fingerprint density at radius 2 is 1.66 bits per heavy atom. The maximum absolute atomic E-state index is 12.1. The molecular weight excluding hydrogens is 408 g/mol. The van der Waals surface area contributed by atoms with Crippen LogP contribution in [0.3, 0.4) is 0 Å². The van der Waals surface area contributed by atoms with Gasteiger partial charge in [-0.25, -0.2) is 21.6 Å². The highest BCUT2D eigenvalue weighted by atomic mass is 32.2. The fourth-order valence-corrected chi connectivity index (χ4v) is 5.41. The molecular formula is C21H26N2O4S2. The van der Waals surface area contributed by atoms with E-state index in [9.17, 15) is 16.8 Å². The van der Waals surface area contributed by atoms with Gasteiger partial charge in [0.25, 0.3) is 0 Å². The summed E-state index contributed by atoms with van der Waals surface area (Å²) in [5, 5.41) is 0. The van der Waals surface area contributed by atoms with Crippen molar-refractivity contribution in [2.45, 2.75) is 32.2 Å². The molecule has 0 saturated heterocycles. The highest BCUT2D eigenvalue weighted by Crippen LogP contribution is 2.31. The summed E-state index contributed by atoms with van der Waals surface area (Å²) in [6.45, 7) is 1.85. The first-order chi connectivity index (χ1) is 13.7. The molecule has 2 aromatic rings. The van der Waals surface area contributed by atoms with Gasteiger partial charge in [0, 0.05) is 11.7 Å². The Labute approximate surface area is 173 Å². The van der Waals surface area contributed by atoms with Crippen LogP contribution in [0, 0.1) is 0 Å². The van der Waals surface area contributed by atoms with Crippen LogP contribution in [-0.4, -0.2) is 34.9 Å². The topological polar surface area (TPSA) is 92.3 Å². The zero-order valence-electron chi connectivity index (χ0n) is 16.6. The number of rotatable bonds is 8. The van der Waals surface area contributed by atoms with Crippen molar-refractivity contribution in [3.05, 3.63) is 60.2 Å². The normalized spacial score (nSPS) is 17.2. The van der Waals surface area contributed by atoms with Crippen LogP contribution in [0.25, 0.3) is 16.7 Å². The van der Waals surface area contributed by atoms with Gasteiger partial charge in [-0.2, -0.15) is 0 Å². The Hall–Kier alpha value is -2.16. The van der Waals surface area contributed by atoms with Crippen molar-refractivity contribution < 1.29 is 16.8 Å². The number of hydrogen-bond acceptors (Lipinski definition) is 4. The molecule has 1 aliphatic carbocycles. The van der Waals surface area contributed by atoms with E-state index in [0.717, 1.165) is 41.4 Å². The Kier molecular flexibility index (Phi) is 6.45. The Morgan fingerprint density at radius 1 is 0.966 bits per heavy atom. The van der Waals surface area contributed by atoms with Crippen LogP contribution in [0.15, 0.2) is 54.6 Å². The molecule has 0 spiro atoms. The molecule has 0 aliphatic heterocycles. The number of allylic oxidation sites excluding steroid dienone is 1. The van der Waals surface area contributed by atoms with Gasteiger partial charge in [0.15, 0.2) is 0 Å². The summed E-state index contributed by atoms with van der Waals surface area (Å²) in [6, 6.07) is 14.9. The molecule has 2 aromatic carbocycles. The van der Waals surface area contributed by atoms with Crippen molar-refractivity contribution in [1.29, 1.82) is 0 Å². The van der Waals surface area contributed by atoms with E-state index >= 15 is 0 Å². The molecule has 29 heavy (non-hydrogen) atoms. The lowest BCUT2D eigenvalue weighted by atomic mass is 9.98. The fraction of sp³-hybridized carbons (Fsp3) is 0.333. The number of anilines is 1. The quantitative estimate of drug-likeness (QED) is 0.664. The molecule has 0 fully saturated rings. The van der Waals surface area contributed by atoms with Crippen LogP contribution in [0.2, 0.25) is 0 Å². The monoisotopic (exact) mass is 434 g/mol. The third-order valence-electron chi connectivity index (χ3n) is 4.71.